The fourth-order valence-corrected chi connectivity index (χ4v) is 1.34. The van der Waals surface area contributed by atoms with E-state index in [1.165, 1.54) is 6.07 Å². The van der Waals surface area contributed by atoms with Crippen LogP contribution in [0.5, 0.6) is 5.75 Å². The molecule has 0 saturated heterocycles. The van der Waals surface area contributed by atoms with Crippen molar-refractivity contribution in [2.75, 3.05) is 0 Å². The summed E-state index contributed by atoms with van der Waals surface area (Å²) < 4.78 is 0. The van der Waals surface area contributed by atoms with Crippen LogP contribution in [0.25, 0.3) is 0 Å². The molecule has 0 fully saturated rings. The van der Waals surface area contributed by atoms with Crippen LogP contribution in [-0.2, 0) is 11.2 Å². The Morgan fingerprint density at radius 1 is 1.53 bits per heavy atom. The van der Waals surface area contributed by atoms with Gasteiger partial charge in [-0.15, -0.1) is 0 Å². The normalized spacial score (nSPS) is 9.60. The molecule has 78 valence electrons. The molecule has 0 atom stereocenters. The lowest BCUT2D eigenvalue weighted by molar-refractivity contribution is -0.136. The third-order valence-electron chi connectivity index (χ3n) is 2.11. The van der Waals surface area contributed by atoms with E-state index in [9.17, 15) is 9.90 Å². The van der Waals surface area contributed by atoms with Gasteiger partial charge in [0.15, 0.2) is 0 Å². The van der Waals surface area contributed by atoms with Crippen LogP contribution in [0.2, 0.25) is 0 Å². The fraction of sp³-hybridized carbons (Fsp3) is 0.273. The Kier molecular flexibility index (Phi) is 3.29. The molecule has 0 bridgehead atoms. The van der Waals surface area contributed by atoms with Gasteiger partial charge in [-0.2, -0.15) is 5.26 Å². The lowest BCUT2D eigenvalue weighted by atomic mass is 10.0. The second kappa shape index (κ2) is 4.47. The zero-order valence-corrected chi connectivity index (χ0v) is 8.32. The van der Waals surface area contributed by atoms with E-state index in [2.05, 4.69) is 0 Å². The summed E-state index contributed by atoms with van der Waals surface area (Å²) in [6, 6.07) is 5.08. The maximum atomic E-state index is 10.4. The Morgan fingerprint density at radius 2 is 2.20 bits per heavy atom. The summed E-state index contributed by atoms with van der Waals surface area (Å²) in [5.41, 5.74) is 1.54. The quantitative estimate of drug-likeness (QED) is 0.785. The number of hydrogen-bond acceptors (Lipinski definition) is 3. The third-order valence-corrected chi connectivity index (χ3v) is 2.11. The zero-order valence-electron chi connectivity index (χ0n) is 8.32. The first kappa shape index (κ1) is 11.1. The second-order valence-electron chi connectivity index (χ2n) is 3.31. The predicted molar refractivity (Wildman–Crippen MR) is 53.5 cm³/mol. The Balaban J connectivity index is 2.97. The first-order valence-electron chi connectivity index (χ1n) is 4.49. The summed E-state index contributed by atoms with van der Waals surface area (Å²) in [6.45, 7) is 1.68. The highest BCUT2D eigenvalue weighted by Gasteiger charge is 2.07. The van der Waals surface area contributed by atoms with Gasteiger partial charge in [0.05, 0.1) is 5.56 Å². The van der Waals surface area contributed by atoms with Crippen molar-refractivity contribution in [3.8, 4) is 11.8 Å². The van der Waals surface area contributed by atoms with Crippen LogP contribution < -0.4 is 0 Å². The van der Waals surface area contributed by atoms with E-state index in [0.29, 0.717) is 12.0 Å². The highest BCUT2D eigenvalue weighted by atomic mass is 16.4. The Morgan fingerprint density at radius 3 is 2.73 bits per heavy atom. The number of carboxylic acid groups (broad SMARTS) is 1. The highest BCUT2D eigenvalue weighted by molar-refractivity contribution is 5.67. The van der Waals surface area contributed by atoms with E-state index >= 15 is 0 Å². The van der Waals surface area contributed by atoms with Gasteiger partial charge >= 0.3 is 5.97 Å². The molecule has 1 aromatic carbocycles. The number of nitrogens with zero attached hydrogens (tertiary/aromatic N) is 1. The van der Waals surface area contributed by atoms with Gasteiger partial charge in [-0.25, -0.2) is 0 Å². The molecule has 1 rings (SSSR count). The number of aromatic hydroxyl groups is 1. The summed E-state index contributed by atoms with van der Waals surface area (Å²) in [5.74, 6) is -0.907. The molecular weight excluding hydrogens is 194 g/mol. The minimum atomic E-state index is -0.876. The van der Waals surface area contributed by atoms with Crippen LogP contribution in [0.3, 0.4) is 0 Å². The lowest BCUT2D eigenvalue weighted by Gasteiger charge is -2.05. The number of hydrogen-bond donors (Lipinski definition) is 2. The Hall–Kier alpha value is -2.02. The van der Waals surface area contributed by atoms with E-state index < -0.39 is 5.97 Å². The number of carbonyl (C=O) groups is 1. The van der Waals surface area contributed by atoms with Gasteiger partial charge in [-0.3, -0.25) is 4.79 Å². The molecule has 0 heterocycles. The summed E-state index contributed by atoms with van der Waals surface area (Å²) in [6.07, 6.45) is 0.389. The fourth-order valence-electron chi connectivity index (χ4n) is 1.34. The average Bonchev–Trinajstić information content (AvgIpc) is 2.19. The monoisotopic (exact) mass is 205 g/mol. The number of aliphatic carboxylic acids is 1. The molecule has 0 aliphatic rings. The van der Waals surface area contributed by atoms with Crippen molar-refractivity contribution < 1.29 is 15.0 Å². The van der Waals surface area contributed by atoms with Crippen LogP contribution in [0, 0.1) is 18.3 Å². The minimum absolute atomic E-state index is 0.0229. The highest BCUT2D eigenvalue weighted by Crippen LogP contribution is 2.23. The molecule has 0 amide bonds. The van der Waals surface area contributed by atoms with Crippen LogP contribution in [0.15, 0.2) is 12.1 Å². The van der Waals surface area contributed by atoms with Crippen LogP contribution in [-0.4, -0.2) is 16.2 Å². The smallest absolute Gasteiger partial charge is 0.303 e. The molecular formula is C11H11NO3. The molecule has 0 aliphatic heterocycles. The molecule has 15 heavy (non-hydrogen) atoms. The van der Waals surface area contributed by atoms with Gasteiger partial charge in [-0.05, 0) is 30.5 Å². The third kappa shape index (κ3) is 2.71. The molecule has 0 aromatic heterocycles. The first-order valence-corrected chi connectivity index (χ1v) is 4.49. The van der Waals surface area contributed by atoms with Crippen molar-refractivity contribution in [3.05, 3.63) is 28.8 Å². The number of carboxylic acids is 1. The van der Waals surface area contributed by atoms with Crippen molar-refractivity contribution in [1.82, 2.24) is 0 Å². The maximum absolute atomic E-state index is 10.4. The van der Waals surface area contributed by atoms with Crippen molar-refractivity contribution in [1.29, 1.82) is 5.26 Å². The second-order valence-corrected chi connectivity index (χ2v) is 3.31. The van der Waals surface area contributed by atoms with Crippen molar-refractivity contribution in [2.45, 2.75) is 19.8 Å². The number of benzene rings is 1. The largest absolute Gasteiger partial charge is 0.506 e. The molecule has 0 spiro atoms. The van der Waals surface area contributed by atoms with Crippen LogP contribution in [0.1, 0.15) is 23.1 Å². The van der Waals surface area contributed by atoms with Crippen molar-refractivity contribution >= 4 is 5.97 Å². The minimum Gasteiger partial charge on any atom is -0.506 e. The van der Waals surface area contributed by atoms with Gasteiger partial charge in [-0.1, -0.05) is 6.07 Å². The maximum Gasteiger partial charge on any atom is 0.303 e. The van der Waals surface area contributed by atoms with Crippen LogP contribution >= 0.6 is 0 Å². The summed E-state index contributed by atoms with van der Waals surface area (Å²) in [7, 11) is 0. The molecule has 4 nitrogen and oxygen atoms in total. The number of phenolic OH excluding ortho intramolecular Hbond substituents is 1. The van der Waals surface area contributed by atoms with E-state index in [0.717, 1.165) is 5.56 Å². The van der Waals surface area contributed by atoms with E-state index in [1.807, 2.05) is 6.07 Å². The lowest BCUT2D eigenvalue weighted by Crippen LogP contribution is -1.98. The summed E-state index contributed by atoms with van der Waals surface area (Å²) >= 11 is 0. The molecule has 0 radical (unpaired) electrons. The van der Waals surface area contributed by atoms with E-state index in [4.69, 9.17) is 10.4 Å². The predicted octanol–water partition coefficient (Wildman–Crippen LogP) is 1.59. The number of aryl methyl sites for hydroxylation is 2. The van der Waals surface area contributed by atoms with Gasteiger partial charge in [0.1, 0.15) is 11.8 Å². The average molecular weight is 205 g/mol. The SMILES string of the molecule is Cc1cc(CCC(=O)O)cc(C#N)c1O. The molecule has 0 aliphatic carbocycles. The summed E-state index contributed by atoms with van der Waals surface area (Å²) in [4.78, 5) is 10.4. The standard InChI is InChI=1S/C11H11NO3/c1-7-4-8(2-3-10(13)14)5-9(6-12)11(7)15/h4-5,15H,2-3H2,1H3,(H,13,14). The molecule has 1 aromatic rings. The first-order chi connectivity index (χ1) is 7.04. The molecule has 2 N–H and O–H groups in total. The Bertz CT molecular complexity index is 432. The van der Waals surface area contributed by atoms with Crippen molar-refractivity contribution in [2.24, 2.45) is 0 Å². The van der Waals surface area contributed by atoms with Gasteiger partial charge < -0.3 is 10.2 Å². The van der Waals surface area contributed by atoms with Gasteiger partial charge in [0.2, 0.25) is 0 Å². The van der Waals surface area contributed by atoms with Crippen molar-refractivity contribution in [3.63, 3.8) is 0 Å². The number of rotatable bonds is 3. The zero-order chi connectivity index (χ0) is 11.4. The molecule has 4 heteroatoms. The van der Waals surface area contributed by atoms with Gasteiger partial charge in [0.25, 0.3) is 0 Å². The summed E-state index contributed by atoms with van der Waals surface area (Å²) in [5, 5.41) is 26.7. The topological polar surface area (TPSA) is 81.3 Å². The Labute approximate surface area is 87.4 Å². The van der Waals surface area contributed by atoms with Gasteiger partial charge in [0, 0.05) is 6.42 Å². The molecule has 0 saturated carbocycles. The number of nitriles is 1. The van der Waals surface area contributed by atoms with E-state index in [-0.39, 0.29) is 17.7 Å². The van der Waals surface area contributed by atoms with E-state index in [1.54, 1.807) is 13.0 Å². The number of phenols is 1. The molecule has 0 unspecified atom stereocenters. The van der Waals surface area contributed by atoms with Crippen LogP contribution in [0.4, 0.5) is 0 Å².